The summed E-state index contributed by atoms with van der Waals surface area (Å²) in [5.41, 5.74) is 0.827. The second kappa shape index (κ2) is 11.8. The molecule has 2 rings (SSSR count). The Labute approximate surface area is 199 Å². The van der Waals surface area contributed by atoms with Crippen LogP contribution in [0.4, 0.5) is 11.4 Å². The zero-order valence-electron chi connectivity index (χ0n) is 16.9. The van der Waals surface area contributed by atoms with Crippen molar-refractivity contribution in [1.29, 1.82) is 0 Å². The van der Waals surface area contributed by atoms with E-state index in [0.29, 0.717) is 17.8 Å². The average molecular weight is 463 g/mol. The molecule has 2 aromatic rings. The van der Waals surface area contributed by atoms with E-state index >= 15 is 0 Å². The Bertz CT molecular complexity index is 1040. The van der Waals surface area contributed by atoms with Crippen molar-refractivity contribution in [2.75, 3.05) is 16.5 Å². The van der Waals surface area contributed by atoms with Crippen LogP contribution in [0.5, 0.6) is 0 Å². The molecule has 0 heterocycles. The molecule has 2 N–H and O–H groups in total. The molecule has 0 aliphatic rings. The normalized spacial score (nSPS) is 11.4. The molecule has 2 aromatic carbocycles. The minimum Gasteiger partial charge on any atom is -0.747 e. The summed E-state index contributed by atoms with van der Waals surface area (Å²) < 4.78 is 57.3. The minimum atomic E-state index is -4.43. The average Bonchev–Trinajstić information content (AvgIpc) is 2.67. The van der Waals surface area contributed by atoms with E-state index in [-0.39, 0.29) is 45.3 Å². The van der Waals surface area contributed by atoms with Crippen LogP contribution in [-0.2, 0) is 24.7 Å². The number of rotatable bonds is 10. The number of carbonyl (C=O) groups excluding carboxylic acids is 1. The summed E-state index contributed by atoms with van der Waals surface area (Å²) in [4.78, 5) is 11.9. The SMILES string of the molecule is CCCCCC(=O)Nc1ccc(S(=O)(=O)c2ccc(NCS(=O)(=O)[O-])cc2)cc1.[Na+]. The first-order valence-corrected chi connectivity index (χ1v) is 12.1. The maximum atomic E-state index is 12.7. The summed E-state index contributed by atoms with van der Waals surface area (Å²) in [6, 6.07) is 11.3. The van der Waals surface area contributed by atoms with Gasteiger partial charge in [-0.3, -0.25) is 4.79 Å². The van der Waals surface area contributed by atoms with Crippen molar-refractivity contribution in [3.05, 3.63) is 48.5 Å². The van der Waals surface area contributed by atoms with Gasteiger partial charge in [-0.15, -0.1) is 0 Å². The summed E-state index contributed by atoms with van der Waals surface area (Å²) in [5, 5.41) is 5.15. The van der Waals surface area contributed by atoms with Crippen LogP contribution in [0.2, 0.25) is 0 Å². The molecule has 30 heavy (non-hydrogen) atoms. The summed E-state index contributed by atoms with van der Waals surface area (Å²) in [6.45, 7) is 2.05. The number of carbonyl (C=O) groups is 1. The van der Waals surface area contributed by atoms with E-state index in [1.807, 2.05) is 0 Å². The van der Waals surface area contributed by atoms with Crippen LogP contribution in [0.15, 0.2) is 58.3 Å². The molecule has 0 atom stereocenters. The third-order valence-corrected chi connectivity index (χ3v) is 6.36. The summed E-state index contributed by atoms with van der Waals surface area (Å²) in [6.07, 6.45) is 3.22. The predicted octanol–water partition coefficient (Wildman–Crippen LogP) is -0.0432. The number of anilines is 2. The molecule has 158 valence electrons. The van der Waals surface area contributed by atoms with Crippen LogP contribution in [0.3, 0.4) is 0 Å². The monoisotopic (exact) mass is 462 g/mol. The number of benzene rings is 2. The van der Waals surface area contributed by atoms with E-state index in [0.717, 1.165) is 19.3 Å². The van der Waals surface area contributed by atoms with Crippen molar-refractivity contribution in [1.82, 2.24) is 0 Å². The fourth-order valence-electron chi connectivity index (χ4n) is 2.54. The van der Waals surface area contributed by atoms with Gasteiger partial charge in [0.1, 0.15) is 16.0 Å². The van der Waals surface area contributed by atoms with Crippen molar-refractivity contribution in [3.63, 3.8) is 0 Å². The molecule has 1 amide bonds. The zero-order valence-corrected chi connectivity index (χ0v) is 20.6. The van der Waals surface area contributed by atoms with Crippen LogP contribution in [0.1, 0.15) is 32.6 Å². The number of unbranched alkanes of at least 4 members (excludes halogenated alkanes) is 2. The molecule has 0 saturated carbocycles. The second-order valence-corrected chi connectivity index (χ2v) is 9.79. The van der Waals surface area contributed by atoms with E-state index in [4.69, 9.17) is 0 Å². The Kier molecular flexibility index (Phi) is 10.5. The molecule has 0 bridgehead atoms. The standard InChI is InChI=1S/C19H24N2O6S2.Na/c1-2-3-4-5-19(22)21-16-8-12-18(13-9-16)29(26,27)17-10-6-15(7-11-17)20-14-28(23,24)25;/h6-13,20H,2-5,14H2,1H3,(H,21,22)(H,23,24,25);/q;+1/p-1. The van der Waals surface area contributed by atoms with E-state index in [2.05, 4.69) is 17.6 Å². The van der Waals surface area contributed by atoms with Crippen LogP contribution in [0.25, 0.3) is 0 Å². The number of hydrogen-bond acceptors (Lipinski definition) is 7. The molecular weight excluding hydrogens is 439 g/mol. The van der Waals surface area contributed by atoms with E-state index in [1.165, 1.54) is 48.5 Å². The Balaban J connectivity index is 0.00000450. The largest absolute Gasteiger partial charge is 1.00 e. The molecule has 8 nitrogen and oxygen atoms in total. The van der Waals surface area contributed by atoms with E-state index in [9.17, 15) is 26.2 Å². The van der Waals surface area contributed by atoms with Gasteiger partial charge in [-0.25, -0.2) is 16.8 Å². The van der Waals surface area contributed by atoms with Gasteiger partial charge < -0.3 is 15.2 Å². The van der Waals surface area contributed by atoms with Gasteiger partial charge in [0.2, 0.25) is 15.7 Å². The second-order valence-electron chi connectivity index (χ2n) is 6.44. The molecule has 0 aromatic heterocycles. The van der Waals surface area contributed by atoms with Crippen molar-refractivity contribution in [3.8, 4) is 0 Å². The predicted molar refractivity (Wildman–Crippen MR) is 109 cm³/mol. The first kappa shape index (κ1) is 26.6. The first-order chi connectivity index (χ1) is 13.6. The Morgan fingerprint density at radius 1 is 0.867 bits per heavy atom. The number of hydrogen-bond donors (Lipinski definition) is 2. The smallest absolute Gasteiger partial charge is 0.747 e. The molecular formula is C19H23N2NaO6S2. The van der Waals surface area contributed by atoms with Crippen LogP contribution in [0, 0.1) is 0 Å². The fourth-order valence-corrected chi connectivity index (χ4v) is 4.14. The number of sulfone groups is 1. The molecule has 0 saturated heterocycles. The van der Waals surface area contributed by atoms with Gasteiger partial charge in [-0.1, -0.05) is 19.8 Å². The van der Waals surface area contributed by atoms with Gasteiger partial charge in [0.05, 0.1) is 9.79 Å². The van der Waals surface area contributed by atoms with Crippen LogP contribution < -0.4 is 40.2 Å². The van der Waals surface area contributed by atoms with Crippen molar-refractivity contribution < 1.29 is 55.7 Å². The Morgan fingerprint density at radius 2 is 1.37 bits per heavy atom. The molecule has 0 fully saturated rings. The third kappa shape index (κ3) is 8.37. The van der Waals surface area contributed by atoms with E-state index in [1.54, 1.807) is 0 Å². The van der Waals surface area contributed by atoms with Gasteiger partial charge >= 0.3 is 29.6 Å². The first-order valence-electron chi connectivity index (χ1n) is 9.04. The van der Waals surface area contributed by atoms with Crippen LogP contribution in [-0.4, -0.2) is 33.2 Å². The van der Waals surface area contributed by atoms with Crippen molar-refractivity contribution in [2.24, 2.45) is 0 Å². The summed E-state index contributed by atoms with van der Waals surface area (Å²) in [5.74, 6) is -0.901. The number of nitrogens with one attached hydrogen (secondary N) is 2. The quantitative estimate of drug-likeness (QED) is 0.288. The zero-order chi connectivity index (χ0) is 21.5. The molecule has 0 radical (unpaired) electrons. The summed E-state index contributed by atoms with van der Waals surface area (Å²) in [7, 11) is -8.22. The molecule has 0 unspecified atom stereocenters. The summed E-state index contributed by atoms with van der Waals surface area (Å²) >= 11 is 0. The Morgan fingerprint density at radius 3 is 1.83 bits per heavy atom. The maximum Gasteiger partial charge on any atom is 1.00 e. The van der Waals surface area contributed by atoms with Gasteiger partial charge in [0.15, 0.2) is 0 Å². The fraction of sp³-hybridized carbons (Fsp3) is 0.316. The molecule has 0 aliphatic heterocycles. The van der Waals surface area contributed by atoms with Crippen molar-refractivity contribution in [2.45, 2.75) is 42.4 Å². The van der Waals surface area contributed by atoms with Gasteiger partial charge in [-0.2, -0.15) is 0 Å². The van der Waals surface area contributed by atoms with Gasteiger partial charge in [0, 0.05) is 17.8 Å². The van der Waals surface area contributed by atoms with Gasteiger partial charge in [0.25, 0.3) is 0 Å². The maximum absolute atomic E-state index is 12.7. The van der Waals surface area contributed by atoms with Crippen molar-refractivity contribution >= 4 is 37.2 Å². The Hall–Kier alpha value is -1.43. The number of amides is 1. The molecule has 0 aliphatic carbocycles. The van der Waals surface area contributed by atoms with E-state index < -0.39 is 25.8 Å². The van der Waals surface area contributed by atoms with Crippen LogP contribution >= 0.6 is 0 Å². The topological polar surface area (TPSA) is 132 Å². The third-order valence-electron chi connectivity index (χ3n) is 4.07. The van der Waals surface area contributed by atoms with Gasteiger partial charge in [-0.05, 0) is 55.0 Å². The minimum absolute atomic E-state index is 0. The molecule has 11 heteroatoms. The molecule has 0 spiro atoms.